The molecule has 0 heterocycles. The molecule has 2 amide bonds. The third kappa shape index (κ3) is 6.93. The van der Waals surface area contributed by atoms with Crippen molar-refractivity contribution in [2.75, 3.05) is 24.4 Å². The zero-order chi connectivity index (χ0) is 26.2. The van der Waals surface area contributed by atoms with Crippen molar-refractivity contribution in [2.45, 2.75) is 13.8 Å². The molecule has 3 aromatic carbocycles. The highest BCUT2D eigenvalue weighted by Crippen LogP contribution is 2.37. The number of halogens is 2. The summed E-state index contributed by atoms with van der Waals surface area (Å²) < 4.78 is 24.6. The zero-order valence-corrected chi connectivity index (χ0v) is 21.4. The van der Waals surface area contributed by atoms with E-state index in [1.807, 2.05) is 38.1 Å². The molecule has 0 aliphatic heterocycles. The number of hydrogen-bond acceptors (Lipinski definition) is 5. The third-order valence-corrected chi connectivity index (χ3v) is 5.63. The lowest BCUT2D eigenvalue weighted by Crippen LogP contribution is -2.21. The molecule has 0 unspecified atom stereocenters. The predicted octanol–water partition coefficient (Wildman–Crippen LogP) is 5.78. The Morgan fingerprint density at radius 1 is 1.08 bits per heavy atom. The van der Waals surface area contributed by atoms with Crippen LogP contribution in [0.5, 0.6) is 11.5 Å². The van der Waals surface area contributed by atoms with Crippen molar-refractivity contribution < 1.29 is 23.5 Å². The van der Waals surface area contributed by atoms with Gasteiger partial charge in [0.1, 0.15) is 17.5 Å². The number of aryl methyl sites for hydroxylation is 2. The van der Waals surface area contributed by atoms with Crippen molar-refractivity contribution in [1.29, 1.82) is 5.26 Å². The molecule has 0 fully saturated rings. The van der Waals surface area contributed by atoms with Crippen LogP contribution in [0.2, 0.25) is 0 Å². The fraction of sp³-hybridized carbons (Fsp3) is 0.148. The van der Waals surface area contributed by atoms with Gasteiger partial charge in [-0.1, -0.05) is 12.1 Å². The summed E-state index contributed by atoms with van der Waals surface area (Å²) in [6.07, 6.45) is 1.38. The lowest BCUT2D eigenvalue weighted by molar-refractivity contribution is -0.118. The van der Waals surface area contributed by atoms with Crippen LogP contribution in [-0.2, 0) is 9.59 Å². The SMILES string of the molecule is COc1cc(/C=C(\C#N)C(=O)Nc2ccc(F)cc2)cc(Br)c1OCC(=O)Nc1cc(C)ccc1C. The van der Waals surface area contributed by atoms with Gasteiger partial charge in [0.15, 0.2) is 18.1 Å². The minimum atomic E-state index is -0.650. The van der Waals surface area contributed by atoms with Crippen LogP contribution in [-0.4, -0.2) is 25.5 Å². The third-order valence-electron chi connectivity index (χ3n) is 5.04. The van der Waals surface area contributed by atoms with Crippen LogP contribution in [0.3, 0.4) is 0 Å². The number of nitrogens with zero attached hydrogens (tertiary/aromatic N) is 1. The van der Waals surface area contributed by atoms with Crippen LogP contribution in [0.15, 0.2) is 64.6 Å². The number of amides is 2. The first-order valence-corrected chi connectivity index (χ1v) is 11.6. The van der Waals surface area contributed by atoms with Crippen molar-refractivity contribution in [3.05, 3.63) is 87.2 Å². The molecule has 0 radical (unpaired) electrons. The lowest BCUT2D eigenvalue weighted by atomic mass is 10.1. The minimum absolute atomic E-state index is 0.171. The van der Waals surface area contributed by atoms with Gasteiger partial charge in [-0.15, -0.1) is 0 Å². The van der Waals surface area contributed by atoms with Gasteiger partial charge in [-0.05, 0) is 95.0 Å². The quantitative estimate of drug-likeness (QED) is 0.273. The number of carbonyl (C=O) groups is 2. The maximum absolute atomic E-state index is 13.1. The number of anilines is 2. The Labute approximate surface area is 216 Å². The number of ether oxygens (including phenoxy) is 2. The van der Waals surface area contributed by atoms with Gasteiger partial charge in [-0.2, -0.15) is 5.26 Å². The Hall–Kier alpha value is -4.16. The van der Waals surface area contributed by atoms with E-state index < -0.39 is 11.7 Å². The summed E-state index contributed by atoms with van der Waals surface area (Å²) in [5.41, 5.74) is 3.32. The van der Waals surface area contributed by atoms with Crippen molar-refractivity contribution >= 4 is 45.2 Å². The van der Waals surface area contributed by atoms with Crippen molar-refractivity contribution in [2.24, 2.45) is 0 Å². The van der Waals surface area contributed by atoms with Gasteiger partial charge in [-0.25, -0.2) is 4.39 Å². The van der Waals surface area contributed by atoms with Crippen LogP contribution in [0, 0.1) is 31.0 Å². The predicted molar refractivity (Wildman–Crippen MR) is 139 cm³/mol. The standard InChI is InChI=1S/C27H23BrFN3O4/c1-16-4-5-17(2)23(10-16)32-25(33)15-36-26-22(28)12-18(13-24(26)35-3)11-19(14-30)27(34)31-21-8-6-20(29)7-9-21/h4-13H,15H2,1-3H3,(H,31,34)(H,32,33)/b19-11+. The van der Waals surface area contributed by atoms with E-state index in [2.05, 4.69) is 26.6 Å². The van der Waals surface area contributed by atoms with Crippen molar-refractivity contribution in [1.82, 2.24) is 0 Å². The van der Waals surface area contributed by atoms with Gasteiger partial charge in [0.2, 0.25) is 0 Å². The Bertz CT molecular complexity index is 1360. The first-order valence-electron chi connectivity index (χ1n) is 10.8. The van der Waals surface area contributed by atoms with E-state index in [1.54, 1.807) is 12.1 Å². The highest BCUT2D eigenvalue weighted by atomic mass is 79.9. The van der Waals surface area contributed by atoms with E-state index in [4.69, 9.17) is 9.47 Å². The molecule has 36 heavy (non-hydrogen) atoms. The number of carbonyl (C=O) groups excluding carboxylic acids is 2. The largest absolute Gasteiger partial charge is 0.493 e. The van der Waals surface area contributed by atoms with Gasteiger partial charge in [0, 0.05) is 11.4 Å². The highest BCUT2D eigenvalue weighted by molar-refractivity contribution is 9.10. The average Bonchev–Trinajstić information content (AvgIpc) is 2.85. The summed E-state index contributed by atoms with van der Waals surface area (Å²) >= 11 is 3.40. The molecule has 0 atom stereocenters. The molecule has 0 aliphatic carbocycles. The number of rotatable bonds is 8. The molecular weight excluding hydrogens is 529 g/mol. The lowest BCUT2D eigenvalue weighted by Gasteiger charge is -2.14. The summed E-state index contributed by atoms with van der Waals surface area (Å²) in [5.74, 6) is -0.842. The molecule has 0 spiro atoms. The second kappa shape index (κ2) is 12.0. The zero-order valence-electron chi connectivity index (χ0n) is 19.8. The van der Waals surface area contributed by atoms with Crippen LogP contribution >= 0.6 is 15.9 Å². The molecule has 0 aromatic heterocycles. The Balaban J connectivity index is 1.74. The van der Waals surface area contributed by atoms with Gasteiger partial charge in [-0.3, -0.25) is 9.59 Å². The first-order chi connectivity index (χ1) is 17.2. The van der Waals surface area contributed by atoms with Crippen LogP contribution in [0.25, 0.3) is 6.08 Å². The molecule has 0 saturated heterocycles. The van der Waals surface area contributed by atoms with E-state index in [1.165, 1.54) is 37.5 Å². The first kappa shape index (κ1) is 26.4. The molecule has 0 saturated carbocycles. The summed E-state index contributed by atoms with van der Waals surface area (Å²) in [6, 6.07) is 16.0. The normalized spacial score (nSPS) is 10.8. The number of benzene rings is 3. The summed E-state index contributed by atoms with van der Waals surface area (Å²) in [5, 5.41) is 14.9. The molecule has 0 bridgehead atoms. The second-order valence-electron chi connectivity index (χ2n) is 7.82. The molecule has 7 nitrogen and oxygen atoms in total. The smallest absolute Gasteiger partial charge is 0.266 e. The summed E-state index contributed by atoms with van der Waals surface area (Å²) in [6.45, 7) is 3.58. The molecule has 184 valence electrons. The monoisotopic (exact) mass is 551 g/mol. The van der Waals surface area contributed by atoms with Gasteiger partial charge < -0.3 is 20.1 Å². The van der Waals surface area contributed by atoms with Crippen molar-refractivity contribution in [3.8, 4) is 17.6 Å². The molecule has 3 rings (SSSR count). The molecule has 9 heteroatoms. The Morgan fingerprint density at radius 3 is 2.47 bits per heavy atom. The minimum Gasteiger partial charge on any atom is -0.493 e. The topological polar surface area (TPSA) is 100 Å². The molecular formula is C27H23BrFN3O4. The fourth-order valence-corrected chi connectivity index (χ4v) is 3.78. The van der Waals surface area contributed by atoms with Gasteiger partial charge >= 0.3 is 0 Å². The van der Waals surface area contributed by atoms with Crippen LogP contribution in [0.4, 0.5) is 15.8 Å². The van der Waals surface area contributed by atoms with E-state index in [0.717, 1.165) is 11.1 Å². The molecule has 3 aromatic rings. The average molecular weight is 552 g/mol. The number of nitrogens with one attached hydrogen (secondary N) is 2. The van der Waals surface area contributed by atoms with Gasteiger partial charge in [0.05, 0.1) is 11.6 Å². The highest BCUT2D eigenvalue weighted by Gasteiger charge is 2.16. The van der Waals surface area contributed by atoms with E-state index >= 15 is 0 Å². The fourth-order valence-electron chi connectivity index (χ4n) is 3.20. The van der Waals surface area contributed by atoms with Gasteiger partial charge in [0.25, 0.3) is 11.8 Å². The summed E-state index contributed by atoms with van der Waals surface area (Å²) in [4.78, 5) is 25.0. The van der Waals surface area contributed by atoms with Crippen molar-refractivity contribution in [3.63, 3.8) is 0 Å². The van der Waals surface area contributed by atoms with Crippen LogP contribution in [0.1, 0.15) is 16.7 Å². The number of nitriles is 1. The molecule has 2 N–H and O–H groups in total. The Kier molecular flexibility index (Phi) is 8.81. The maximum Gasteiger partial charge on any atom is 0.266 e. The number of hydrogen-bond donors (Lipinski definition) is 2. The van der Waals surface area contributed by atoms with E-state index in [9.17, 15) is 19.2 Å². The number of methoxy groups -OCH3 is 1. The van der Waals surface area contributed by atoms with E-state index in [-0.39, 0.29) is 18.1 Å². The van der Waals surface area contributed by atoms with Crippen LogP contribution < -0.4 is 20.1 Å². The second-order valence-corrected chi connectivity index (χ2v) is 8.67. The molecule has 0 aliphatic rings. The van der Waals surface area contributed by atoms with E-state index in [0.29, 0.717) is 32.9 Å². The Morgan fingerprint density at radius 2 is 1.81 bits per heavy atom. The maximum atomic E-state index is 13.1. The summed E-state index contributed by atoms with van der Waals surface area (Å²) in [7, 11) is 1.44.